The number of hydrogen-bond acceptors (Lipinski definition) is 5. The first-order chi connectivity index (χ1) is 19.7. The van der Waals surface area contributed by atoms with Gasteiger partial charge in [-0.25, -0.2) is 9.80 Å². The molecule has 0 N–H and O–H groups in total. The van der Waals surface area contributed by atoms with Gasteiger partial charge in [0.05, 0.1) is 22.3 Å². The molecule has 1 aromatic heterocycles. The molecule has 0 saturated carbocycles. The standard InChI is InChI=1S/C35H22N2O3/c38-34-27-16-8-7-15-25(27)26-19-20-31-29(33(26)39-34)21-22-35(40-31)30-18-10-9-17-28(30)32(23-11-3-1-4-12-23)36-37(35)24-13-5-2-6-14-24/h1-22H. The molecule has 0 fully saturated rings. The molecule has 0 radical (unpaired) electrons. The van der Waals surface area contributed by atoms with Crippen LogP contribution in [-0.2, 0) is 5.72 Å². The summed E-state index contributed by atoms with van der Waals surface area (Å²) in [5.41, 5.74) is 4.55. The highest BCUT2D eigenvalue weighted by Crippen LogP contribution is 2.47. The topological polar surface area (TPSA) is 55.0 Å². The van der Waals surface area contributed by atoms with Crippen LogP contribution in [0.2, 0.25) is 0 Å². The Labute approximate surface area is 229 Å². The van der Waals surface area contributed by atoms with Gasteiger partial charge in [-0.3, -0.25) is 0 Å². The predicted octanol–water partition coefficient (Wildman–Crippen LogP) is 7.48. The van der Waals surface area contributed by atoms with Crippen LogP contribution in [0.3, 0.4) is 0 Å². The molecule has 2 aliphatic heterocycles. The van der Waals surface area contributed by atoms with E-state index in [0.29, 0.717) is 16.7 Å². The van der Waals surface area contributed by atoms with Crippen LogP contribution in [0.4, 0.5) is 5.69 Å². The predicted molar refractivity (Wildman–Crippen MR) is 159 cm³/mol. The lowest BCUT2D eigenvalue weighted by atomic mass is 9.87. The number of hydrogen-bond donors (Lipinski definition) is 0. The summed E-state index contributed by atoms with van der Waals surface area (Å²) in [6.45, 7) is 0. The molecular formula is C35H22N2O3. The Kier molecular flexibility index (Phi) is 4.82. The van der Waals surface area contributed by atoms with Crippen molar-refractivity contribution in [1.29, 1.82) is 0 Å². The fourth-order valence-corrected chi connectivity index (χ4v) is 5.82. The van der Waals surface area contributed by atoms with Crippen molar-refractivity contribution in [2.45, 2.75) is 5.72 Å². The Morgan fingerprint density at radius 1 is 0.675 bits per heavy atom. The van der Waals surface area contributed by atoms with Crippen molar-refractivity contribution in [2.24, 2.45) is 5.10 Å². The van der Waals surface area contributed by atoms with Crippen LogP contribution in [0.5, 0.6) is 5.75 Å². The lowest BCUT2D eigenvalue weighted by Gasteiger charge is -2.45. The minimum Gasteiger partial charge on any atom is -0.457 e. The van der Waals surface area contributed by atoms with Crippen molar-refractivity contribution < 1.29 is 9.15 Å². The Morgan fingerprint density at radius 2 is 1.38 bits per heavy atom. The Balaban J connectivity index is 1.38. The smallest absolute Gasteiger partial charge is 0.344 e. The number of ether oxygens (including phenoxy) is 1. The summed E-state index contributed by atoms with van der Waals surface area (Å²) in [6, 6.07) is 39.9. The fourth-order valence-electron chi connectivity index (χ4n) is 5.82. The maximum Gasteiger partial charge on any atom is 0.344 e. The van der Waals surface area contributed by atoms with Crippen LogP contribution >= 0.6 is 0 Å². The highest BCUT2D eigenvalue weighted by atomic mass is 16.5. The molecule has 0 aliphatic carbocycles. The third kappa shape index (κ3) is 3.21. The van der Waals surface area contributed by atoms with Gasteiger partial charge in [0, 0.05) is 22.1 Å². The van der Waals surface area contributed by atoms with Gasteiger partial charge in [0.15, 0.2) is 0 Å². The number of hydrazone groups is 1. The molecule has 0 bridgehead atoms. The molecule has 1 unspecified atom stereocenters. The van der Waals surface area contributed by atoms with Crippen molar-refractivity contribution in [3.63, 3.8) is 0 Å². The highest BCUT2D eigenvalue weighted by Gasteiger charge is 2.47. The number of anilines is 1. The van der Waals surface area contributed by atoms with Gasteiger partial charge < -0.3 is 9.15 Å². The summed E-state index contributed by atoms with van der Waals surface area (Å²) < 4.78 is 12.8. The molecule has 3 heterocycles. The zero-order valence-corrected chi connectivity index (χ0v) is 21.3. The second-order valence-corrected chi connectivity index (χ2v) is 9.93. The van der Waals surface area contributed by atoms with E-state index in [-0.39, 0.29) is 5.63 Å². The summed E-state index contributed by atoms with van der Waals surface area (Å²) in [7, 11) is 0. The van der Waals surface area contributed by atoms with E-state index in [9.17, 15) is 4.79 Å². The maximum atomic E-state index is 12.9. The Bertz CT molecular complexity index is 2060. The average molecular weight is 519 g/mol. The maximum absolute atomic E-state index is 12.9. The van der Waals surface area contributed by atoms with Gasteiger partial charge >= 0.3 is 5.63 Å². The molecule has 5 aromatic carbocycles. The summed E-state index contributed by atoms with van der Waals surface area (Å²) in [5.74, 6) is 0.613. The van der Waals surface area contributed by atoms with E-state index in [2.05, 4.69) is 24.3 Å². The highest BCUT2D eigenvalue weighted by molar-refractivity contribution is 6.15. The summed E-state index contributed by atoms with van der Waals surface area (Å²) in [4.78, 5) is 12.9. The van der Waals surface area contributed by atoms with Crippen molar-refractivity contribution in [2.75, 3.05) is 5.01 Å². The van der Waals surface area contributed by atoms with E-state index in [1.807, 2.05) is 108 Å². The third-order valence-corrected chi connectivity index (χ3v) is 7.66. The summed E-state index contributed by atoms with van der Waals surface area (Å²) in [5, 5.41) is 9.46. The molecule has 40 heavy (non-hydrogen) atoms. The molecular weight excluding hydrogens is 496 g/mol. The van der Waals surface area contributed by atoms with Crippen LogP contribution in [0, 0.1) is 0 Å². The molecule has 6 aromatic rings. The van der Waals surface area contributed by atoms with Crippen LogP contribution in [0.15, 0.2) is 142 Å². The van der Waals surface area contributed by atoms with E-state index >= 15 is 0 Å². The molecule has 2 aliphatic rings. The van der Waals surface area contributed by atoms with Gasteiger partial charge in [0.1, 0.15) is 11.3 Å². The van der Waals surface area contributed by atoms with Crippen molar-refractivity contribution in [1.82, 2.24) is 0 Å². The number of para-hydroxylation sites is 1. The molecule has 5 heteroatoms. The first kappa shape index (κ1) is 22.6. The monoisotopic (exact) mass is 518 g/mol. The third-order valence-electron chi connectivity index (χ3n) is 7.66. The van der Waals surface area contributed by atoms with E-state index < -0.39 is 5.72 Å². The molecule has 1 spiro atoms. The van der Waals surface area contributed by atoms with Gasteiger partial charge in [-0.2, -0.15) is 5.10 Å². The van der Waals surface area contributed by atoms with Crippen LogP contribution in [0.1, 0.15) is 22.3 Å². The van der Waals surface area contributed by atoms with E-state index in [1.165, 1.54) is 0 Å². The van der Waals surface area contributed by atoms with Gasteiger partial charge in [0.25, 0.3) is 0 Å². The number of fused-ring (bicyclic) bond motifs is 7. The Morgan fingerprint density at radius 3 is 2.20 bits per heavy atom. The van der Waals surface area contributed by atoms with Crippen LogP contribution < -0.4 is 15.4 Å². The lowest BCUT2D eigenvalue weighted by Crippen LogP contribution is -2.51. The van der Waals surface area contributed by atoms with Gasteiger partial charge in [0.2, 0.25) is 5.72 Å². The van der Waals surface area contributed by atoms with Gasteiger partial charge in [-0.15, -0.1) is 0 Å². The van der Waals surface area contributed by atoms with Crippen molar-refractivity contribution >= 4 is 39.2 Å². The molecule has 0 amide bonds. The zero-order chi connectivity index (χ0) is 26.7. The van der Waals surface area contributed by atoms with Gasteiger partial charge in [-0.05, 0) is 47.9 Å². The second kappa shape index (κ2) is 8.55. The van der Waals surface area contributed by atoms with Crippen LogP contribution in [0.25, 0.3) is 27.8 Å². The molecule has 8 rings (SSSR count). The molecule has 5 nitrogen and oxygen atoms in total. The van der Waals surface area contributed by atoms with E-state index in [4.69, 9.17) is 14.3 Å². The number of nitrogens with zero attached hydrogens (tertiary/aromatic N) is 2. The summed E-state index contributed by atoms with van der Waals surface area (Å²) in [6.07, 6.45) is 4.01. The fraction of sp³-hybridized carbons (Fsp3) is 0.0286. The number of benzene rings is 5. The lowest BCUT2D eigenvalue weighted by molar-refractivity contribution is 0.110. The van der Waals surface area contributed by atoms with Crippen LogP contribution in [-0.4, -0.2) is 5.71 Å². The van der Waals surface area contributed by atoms with E-state index in [0.717, 1.165) is 44.4 Å². The molecule has 1 atom stereocenters. The van der Waals surface area contributed by atoms with Crippen molar-refractivity contribution in [3.05, 3.63) is 160 Å². The normalized spacial score (nSPS) is 17.4. The Hall–Kier alpha value is -5.42. The van der Waals surface area contributed by atoms with Crippen molar-refractivity contribution in [3.8, 4) is 5.75 Å². The number of rotatable bonds is 2. The molecule has 190 valence electrons. The zero-order valence-electron chi connectivity index (χ0n) is 21.3. The largest absolute Gasteiger partial charge is 0.457 e. The first-order valence-electron chi connectivity index (χ1n) is 13.2. The SMILES string of the molecule is O=c1oc2c3c(ccc2c2ccccc12)OC1(C=C3)c2ccccc2C(c2ccccc2)=NN1c1ccccc1. The average Bonchev–Trinajstić information content (AvgIpc) is 3.02. The quantitative estimate of drug-likeness (QED) is 0.176. The minimum absolute atomic E-state index is 0.365. The minimum atomic E-state index is -1.06. The molecule has 0 saturated heterocycles. The second-order valence-electron chi connectivity index (χ2n) is 9.93. The van der Waals surface area contributed by atoms with E-state index in [1.54, 1.807) is 6.07 Å². The van der Waals surface area contributed by atoms with Gasteiger partial charge in [-0.1, -0.05) is 91.0 Å². The first-order valence-corrected chi connectivity index (χ1v) is 13.2. The summed E-state index contributed by atoms with van der Waals surface area (Å²) >= 11 is 0.